The fourth-order valence-electron chi connectivity index (χ4n) is 3.63. The van der Waals surface area contributed by atoms with Crippen LogP contribution in [0, 0.1) is 20.8 Å². The van der Waals surface area contributed by atoms with Crippen molar-refractivity contribution in [1.29, 1.82) is 0 Å². The van der Waals surface area contributed by atoms with Crippen LogP contribution in [0.3, 0.4) is 0 Å². The van der Waals surface area contributed by atoms with Crippen molar-refractivity contribution < 1.29 is 9.90 Å². The van der Waals surface area contributed by atoms with Gasteiger partial charge in [-0.2, -0.15) is 5.10 Å². The van der Waals surface area contributed by atoms with Crippen LogP contribution in [0.1, 0.15) is 28.6 Å². The maximum atomic E-state index is 11.8. The van der Waals surface area contributed by atoms with Gasteiger partial charge in [0.25, 0.3) is 0 Å². The number of hydrogen-bond acceptors (Lipinski definition) is 5. The molecule has 0 saturated heterocycles. The molecule has 1 atom stereocenters. The molecule has 0 amide bonds. The topological polar surface area (TPSA) is 89.1 Å². The maximum absolute atomic E-state index is 11.8. The zero-order valence-electron chi connectivity index (χ0n) is 15.6. The predicted octanol–water partition coefficient (Wildman–Crippen LogP) is 1.86. The van der Waals surface area contributed by atoms with Gasteiger partial charge in [-0.15, -0.1) is 10.2 Å². The Bertz CT molecular complexity index is 988. The number of carboxylic acid groups (broad SMARTS) is 1. The van der Waals surface area contributed by atoms with E-state index in [0.717, 1.165) is 34.3 Å². The van der Waals surface area contributed by atoms with Crippen molar-refractivity contribution in [2.24, 2.45) is 0 Å². The van der Waals surface area contributed by atoms with Crippen molar-refractivity contribution in [2.75, 3.05) is 0 Å². The number of rotatable bonds is 4. The zero-order chi connectivity index (χ0) is 19.1. The Morgan fingerprint density at radius 3 is 2.56 bits per heavy atom. The first-order valence-electron chi connectivity index (χ1n) is 8.90. The second-order valence-electron chi connectivity index (χ2n) is 7.04. The Hall–Kier alpha value is -3.00. The molecule has 0 radical (unpaired) electrons. The van der Waals surface area contributed by atoms with Crippen LogP contribution >= 0.6 is 0 Å². The summed E-state index contributed by atoms with van der Waals surface area (Å²) < 4.78 is 3.80. The number of carbonyl (C=O) groups is 1. The molecule has 1 aromatic carbocycles. The van der Waals surface area contributed by atoms with Crippen molar-refractivity contribution in [1.82, 2.24) is 29.4 Å². The summed E-state index contributed by atoms with van der Waals surface area (Å²) in [5.41, 5.74) is 4.11. The smallest absolute Gasteiger partial charge is 0.322 e. The Morgan fingerprint density at radius 1 is 1.19 bits per heavy atom. The van der Waals surface area contributed by atoms with E-state index in [9.17, 15) is 9.90 Å². The highest BCUT2D eigenvalue weighted by atomic mass is 16.4. The third-order valence-electron chi connectivity index (χ3n) is 5.01. The molecule has 4 rings (SSSR count). The van der Waals surface area contributed by atoms with Crippen molar-refractivity contribution in [3.8, 4) is 5.69 Å². The summed E-state index contributed by atoms with van der Waals surface area (Å²) in [5, 5.41) is 22.4. The minimum Gasteiger partial charge on any atom is -0.480 e. The lowest BCUT2D eigenvalue weighted by Gasteiger charge is -2.33. The Balaban J connectivity index is 1.56. The van der Waals surface area contributed by atoms with Crippen LogP contribution in [0.5, 0.6) is 0 Å². The van der Waals surface area contributed by atoms with Gasteiger partial charge in [-0.25, -0.2) is 4.68 Å². The molecule has 1 aliphatic heterocycles. The van der Waals surface area contributed by atoms with E-state index in [-0.39, 0.29) is 0 Å². The maximum Gasteiger partial charge on any atom is 0.322 e. The van der Waals surface area contributed by atoms with E-state index < -0.39 is 12.0 Å². The van der Waals surface area contributed by atoms with Gasteiger partial charge in [-0.05, 0) is 44.5 Å². The number of aliphatic carboxylic acids is 1. The number of nitrogens with zero attached hydrogens (tertiary/aromatic N) is 6. The van der Waals surface area contributed by atoms with Crippen LogP contribution in [0.2, 0.25) is 0 Å². The standard InChI is InChI=1S/C19H22N6O2/c1-12-8-13(2)25(22-12)16-6-4-15(5-7-16)9-23-11-18-21-20-14(3)24(18)10-17(23)19(26)27/h4-8,17H,9-11H2,1-3H3,(H,26,27). The fourth-order valence-corrected chi connectivity index (χ4v) is 3.63. The van der Waals surface area contributed by atoms with Gasteiger partial charge in [0.15, 0.2) is 0 Å². The third kappa shape index (κ3) is 3.23. The molecule has 1 N–H and O–H groups in total. The van der Waals surface area contributed by atoms with Gasteiger partial charge in [-0.3, -0.25) is 9.69 Å². The van der Waals surface area contributed by atoms with E-state index in [4.69, 9.17) is 0 Å². The quantitative estimate of drug-likeness (QED) is 0.758. The summed E-state index contributed by atoms with van der Waals surface area (Å²) in [5.74, 6) is 0.738. The van der Waals surface area contributed by atoms with Gasteiger partial charge in [0.05, 0.1) is 24.5 Å². The zero-order valence-corrected chi connectivity index (χ0v) is 15.6. The molecular formula is C19H22N6O2. The summed E-state index contributed by atoms with van der Waals surface area (Å²) in [6.07, 6.45) is 0. The monoisotopic (exact) mass is 366 g/mol. The summed E-state index contributed by atoms with van der Waals surface area (Å²) in [6, 6.07) is 9.52. The minimum atomic E-state index is -0.826. The molecule has 8 heteroatoms. The van der Waals surface area contributed by atoms with Crippen LogP contribution in [-0.2, 0) is 24.4 Å². The van der Waals surface area contributed by atoms with E-state index in [1.165, 1.54) is 0 Å². The molecule has 27 heavy (non-hydrogen) atoms. The molecule has 0 fully saturated rings. The normalized spacial score (nSPS) is 17.1. The van der Waals surface area contributed by atoms with Gasteiger partial charge in [0, 0.05) is 12.2 Å². The van der Waals surface area contributed by atoms with E-state index >= 15 is 0 Å². The lowest BCUT2D eigenvalue weighted by molar-refractivity contribution is -0.145. The van der Waals surface area contributed by atoms with Crippen LogP contribution in [0.15, 0.2) is 30.3 Å². The van der Waals surface area contributed by atoms with Crippen LogP contribution < -0.4 is 0 Å². The van der Waals surface area contributed by atoms with Gasteiger partial charge in [0.2, 0.25) is 0 Å². The fraction of sp³-hybridized carbons (Fsp3) is 0.368. The number of hydrogen-bond donors (Lipinski definition) is 1. The van der Waals surface area contributed by atoms with Crippen LogP contribution in [0.4, 0.5) is 0 Å². The highest BCUT2D eigenvalue weighted by Crippen LogP contribution is 2.21. The Kier molecular flexibility index (Phi) is 4.27. The lowest BCUT2D eigenvalue weighted by Crippen LogP contribution is -2.47. The molecule has 0 spiro atoms. The predicted molar refractivity (Wildman–Crippen MR) is 98.5 cm³/mol. The van der Waals surface area contributed by atoms with Gasteiger partial charge in [-0.1, -0.05) is 12.1 Å². The average Bonchev–Trinajstić information content (AvgIpc) is 3.16. The highest BCUT2D eigenvalue weighted by Gasteiger charge is 2.33. The summed E-state index contributed by atoms with van der Waals surface area (Å²) in [4.78, 5) is 13.7. The molecule has 140 valence electrons. The van der Waals surface area contributed by atoms with Gasteiger partial charge < -0.3 is 9.67 Å². The molecule has 8 nitrogen and oxygen atoms in total. The van der Waals surface area contributed by atoms with Crippen LogP contribution in [0.25, 0.3) is 5.69 Å². The third-order valence-corrected chi connectivity index (χ3v) is 5.01. The van der Waals surface area contributed by atoms with Crippen molar-refractivity contribution >= 4 is 5.97 Å². The molecular weight excluding hydrogens is 344 g/mol. The average molecular weight is 366 g/mol. The molecule has 2 aromatic heterocycles. The van der Waals surface area contributed by atoms with Gasteiger partial charge in [0.1, 0.15) is 17.7 Å². The molecule has 1 aliphatic rings. The molecule has 3 aromatic rings. The largest absolute Gasteiger partial charge is 0.480 e. The summed E-state index contributed by atoms with van der Waals surface area (Å²) >= 11 is 0. The van der Waals surface area contributed by atoms with E-state index in [2.05, 4.69) is 15.3 Å². The van der Waals surface area contributed by atoms with Gasteiger partial charge >= 0.3 is 5.97 Å². The molecule has 1 unspecified atom stereocenters. The van der Waals surface area contributed by atoms with E-state index in [1.807, 2.05) is 65.3 Å². The number of aryl methyl sites for hydroxylation is 3. The first-order chi connectivity index (χ1) is 12.9. The number of aromatic nitrogens is 5. The SMILES string of the molecule is Cc1cc(C)n(-c2ccc(CN3Cc4nnc(C)n4CC3C(=O)O)cc2)n1. The van der Waals surface area contributed by atoms with Crippen molar-refractivity contribution in [3.05, 3.63) is 58.9 Å². The second kappa shape index (κ2) is 6.62. The van der Waals surface area contributed by atoms with E-state index in [1.54, 1.807) is 0 Å². The van der Waals surface area contributed by atoms with Crippen LogP contribution in [-0.4, -0.2) is 46.6 Å². The Labute approximate surface area is 157 Å². The van der Waals surface area contributed by atoms with Crippen molar-refractivity contribution in [3.63, 3.8) is 0 Å². The molecule has 0 saturated carbocycles. The first kappa shape index (κ1) is 17.4. The lowest BCUT2D eigenvalue weighted by atomic mass is 10.1. The first-order valence-corrected chi connectivity index (χ1v) is 8.90. The van der Waals surface area contributed by atoms with Crippen molar-refractivity contribution in [2.45, 2.75) is 46.4 Å². The Morgan fingerprint density at radius 2 is 1.93 bits per heavy atom. The highest BCUT2D eigenvalue weighted by molar-refractivity contribution is 5.73. The number of carboxylic acids is 1. The summed E-state index contributed by atoms with van der Waals surface area (Å²) in [6.45, 7) is 7.23. The molecule has 0 bridgehead atoms. The number of fused-ring (bicyclic) bond motifs is 1. The van der Waals surface area contributed by atoms with E-state index in [0.29, 0.717) is 19.6 Å². The minimum absolute atomic E-state index is 0.368. The number of benzene rings is 1. The molecule has 3 heterocycles. The summed E-state index contributed by atoms with van der Waals surface area (Å²) in [7, 11) is 0. The second-order valence-corrected chi connectivity index (χ2v) is 7.04. The molecule has 0 aliphatic carbocycles.